The van der Waals surface area contributed by atoms with E-state index in [2.05, 4.69) is 34.1 Å². The summed E-state index contributed by atoms with van der Waals surface area (Å²) in [6.07, 6.45) is 6.15. The number of nitrogens with one attached hydrogen (secondary N) is 1. The first-order valence-electron chi connectivity index (χ1n) is 12.3. The molecule has 0 spiro atoms. The average Bonchev–Trinajstić information content (AvgIpc) is 3.28. The number of β-amino-alcohol motifs (C(OH)–C–C–N with tert-alkyl or cyclic N) is 1. The van der Waals surface area contributed by atoms with Crippen molar-refractivity contribution in [3.8, 4) is 0 Å². The Morgan fingerprint density at radius 1 is 1.25 bits per heavy atom. The maximum absolute atomic E-state index is 15.9. The van der Waals surface area contributed by atoms with Gasteiger partial charge in [0.05, 0.1) is 29.2 Å². The minimum atomic E-state index is -1.14. The summed E-state index contributed by atoms with van der Waals surface area (Å²) in [5.41, 5.74) is 1.27. The molecule has 2 fully saturated rings. The van der Waals surface area contributed by atoms with Crippen LogP contribution >= 0.6 is 0 Å². The van der Waals surface area contributed by atoms with E-state index >= 15 is 4.39 Å². The van der Waals surface area contributed by atoms with Crippen molar-refractivity contribution in [1.29, 1.82) is 0 Å². The van der Waals surface area contributed by atoms with Crippen LogP contribution in [0.5, 0.6) is 0 Å². The molecule has 2 aromatic heterocycles. The molecule has 1 aromatic carbocycles. The van der Waals surface area contributed by atoms with Gasteiger partial charge in [-0.25, -0.2) is 9.18 Å². The zero-order chi connectivity index (χ0) is 25.6. The van der Waals surface area contributed by atoms with E-state index in [0.717, 1.165) is 5.56 Å². The van der Waals surface area contributed by atoms with Crippen molar-refractivity contribution in [1.82, 2.24) is 25.0 Å². The predicted molar refractivity (Wildman–Crippen MR) is 133 cm³/mol. The van der Waals surface area contributed by atoms with Crippen molar-refractivity contribution in [2.45, 2.75) is 57.7 Å². The van der Waals surface area contributed by atoms with Crippen LogP contribution in [0.3, 0.4) is 0 Å². The number of likely N-dealkylation sites (tertiary alicyclic amines) is 1. The van der Waals surface area contributed by atoms with Crippen molar-refractivity contribution < 1.29 is 19.1 Å². The number of hydrogen-bond donors (Lipinski definition) is 2. The Labute approximate surface area is 208 Å². The summed E-state index contributed by atoms with van der Waals surface area (Å²) in [6.45, 7) is 7.91. The summed E-state index contributed by atoms with van der Waals surface area (Å²) in [7, 11) is 0. The largest absolute Gasteiger partial charge is 0.388 e. The molecule has 2 unspecified atom stereocenters. The van der Waals surface area contributed by atoms with Crippen LogP contribution in [0.1, 0.15) is 56.7 Å². The summed E-state index contributed by atoms with van der Waals surface area (Å²) in [5, 5.41) is 18.4. The topological polar surface area (TPSA) is 104 Å². The Bertz CT molecular complexity index is 1320. The molecule has 2 aliphatic heterocycles. The van der Waals surface area contributed by atoms with Crippen LogP contribution in [-0.2, 0) is 11.3 Å². The van der Waals surface area contributed by atoms with E-state index in [0.29, 0.717) is 42.8 Å². The number of imide groups is 1. The third kappa shape index (κ3) is 4.58. The number of benzene rings is 1. The van der Waals surface area contributed by atoms with Gasteiger partial charge in [0.1, 0.15) is 5.82 Å². The van der Waals surface area contributed by atoms with Gasteiger partial charge in [0, 0.05) is 55.2 Å². The quantitative estimate of drug-likeness (QED) is 0.564. The molecule has 10 heteroatoms. The molecule has 2 N–H and O–H groups in total. The number of hydrogen-bond acceptors (Lipinski definition) is 6. The van der Waals surface area contributed by atoms with Gasteiger partial charge in [-0.05, 0) is 51.4 Å². The number of carbonyl (C=O) groups is 2. The van der Waals surface area contributed by atoms with Crippen molar-refractivity contribution in [3.05, 3.63) is 53.7 Å². The molecule has 0 radical (unpaired) electrons. The van der Waals surface area contributed by atoms with E-state index in [1.54, 1.807) is 25.1 Å². The highest BCUT2D eigenvalue weighted by molar-refractivity contribution is 6.06. The molecule has 36 heavy (non-hydrogen) atoms. The number of fused-ring (bicyclic) bond motifs is 1. The SMILES string of the molecule is CC(C)n1cc(CN2CCC(c3ccc4ncc(N5CCC(=O)NC5=O)cc4c3F)C(C)(O)C2)cn1. The van der Waals surface area contributed by atoms with Gasteiger partial charge < -0.3 is 5.11 Å². The number of amides is 3. The molecule has 0 aliphatic carbocycles. The second-order valence-corrected chi connectivity index (χ2v) is 10.3. The molecular formula is C26H31FN6O3. The van der Waals surface area contributed by atoms with Crippen LogP contribution in [0.15, 0.2) is 36.8 Å². The molecule has 9 nitrogen and oxygen atoms in total. The van der Waals surface area contributed by atoms with Crippen LogP contribution < -0.4 is 10.2 Å². The standard InChI is InChI=1S/C26H31FN6O3/c1-16(2)33-14-17(11-29-33)13-31-8-6-21(26(3,36)15-31)19-4-5-22-20(24(19)27)10-18(12-28-22)32-9-7-23(34)30-25(32)35/h4-5,10-12,14,16,21,36H,6-9,13,15H2,1-3H3,(H,30,34,35). The Morgan fingerprint density at radius 3 is 2.75 bits per heavy atom. The molecule has 2 saturated heterocycles. The Morgan fingerprint density at radius 2 is 2.06 bits per heavy atom. The number of aliphatic hydroxyl groups is 1. The third-order valence-electron chi connectivity index (χ3n) is 7.17. The van der Waals surface area contributed by atoms with Crippen molar-refractivity contribution in [3.63, 3.8) is 0 Å². The molecule has 0 saturated carbocycles. The molecular weight excluding hydrogens is 463 g/mol. The first kappa shape index (κ1) is 24.3. The van der Waals surface area contributed by atoms with Gasteiger partial charge in [0.2, 0.25) is 5.91 Å². The molecule has 190 valence electrons. The summed E-state index contributed by atoms with van der Waals surface area (Å²) in [4.78, 5) is 31.6. The zero-order valence-electron chi connectivity index (χ0n) is 20.7. The fourth-order valence-electron chi connectivity index (χ4n) is 5.29. The first-order valence-corrected chi connectivity index (χ1v) is 12.3. The van der Waals surface area contributed by atoms with Gasteiger partial charge in [-0.2, -0.15) is 5.10 Å². The lowest BCUT2D eigenvalue weighted by molar-refractivity contribution is -0.120. The number of pyridine rings is 1. The number of rotatable bonds is 5. The molecule has 0 bridgehead atoms. The van der Waals surface area contributed by atoms with Crippen LogP contribution in [0.25, 0.3) is 10.9 Å². The molecule has 5 rings (SSSR count). The number of halogens is 1. The summed E-state index contributed by atoms with van der Waals surface area (Å²) >= 11 is 0. The van der Waals surface area contributed by atoms with Crippen LogP contribution in [0, 0.1) is 5.82 Å². The van der Waals surface area contributed by atoms with Gasteiger partial charge in [-0.15, -0.1) is 0 Å². The summed E-state index contributed by atoms with van der Waals surface area (Å²) in [5.74, 6) is -1.16. The number of carbonyl (C=O) groups excluding carboxylic acids is 2. The van der Waals surface area contributed by atoms with E-state index in [-0.39, 0.29) is 30.3 Å². The van der Waals surface area contributed by atoms with Gasteiger partial charge in [-0.1, -0.05) is 6.07 Å². The van der Waals surface area contributed by atoms with Crippen LogP contribution in [-0.4, -0.2) is 61.9 Å². The molecule has 4 heterocycles. The van der Waals surface area contributed by atoms with E-state index in [1.807, 2.05) is 17.1 Å². The number of aromatic nitrogens is 3. The summed E-state index contributed by atoms with van der Waals surface area (Å²) < 4.78 is 17.8. The van der Waals surface area contributed by atoms with Crippen molar-refractivity contribution in [2.24, 2.45) is 0 Å². The highest BCUT2D eigenvalue weighted by Crippen LogP contribution is 2.39. The fourth-order valence-corrected chi connectivity index (χ4v) is 5.29. The number of anilines is 1. The monoisotopic (exact) mass is 494 g/mol. The normalized spacial score (nSPS) is 23.5. The second-order valence-electron chi connectivity index (χ2n) is 10.3. The minimum Gasteiger partial charge on any atom is -0.388 e. The first-order chi connectivity index (χ1) is 17.1. The fraction of sp³-hybridized carbons (Fsp3) is 0.462. The van der Waals surface area contributed by atoms with Crippen molar-refractivity contribution >= 4 is 28.5 Å². The minimum absolute atomic E-state index is 0.173. The lowest BCUT2D eigenvalue weighted by atomic mass is 9.77. The highest BCUT2D eigenvalue weighted by Gasteiger charge is 2.40. The number of piperidine rings is 1. The van der Waals surface area contributed by atoms with Gasteiger partial charge in [-0.3, -0.25) is 29.6 Å². The smallest absolute Gasteiger partial charge is 0.328 e. The van der Waals surface area contributed by atoms with Crippen molar-refractivity contribution in [2.75, 3.05) is 24.5 Å². The molecule has 3 amide bonds. The van der Waals surface area contributed by atoms with Crippen LogP contribution in [0.4, 0.5) is 14.9 Å². The number of nitrogens with zero attached hydrogens (tertiary/aromatic N) is 5. The third-order valence-corrected chi connectivity index (χ3v) is 7.17. The summed E-state index contributed by atoms with van der Waals surface area (Å²) in [6, 6.07) is 4.79. The predicted octanol–water partition coefficient (Wildman–Crippen LogP) is 3.34. The maximum Gasteiger partial charge on any atom is 0.328 e. The van der Waals surface area contributed by atoms with Gasteiger partial charge in [0.25, 0.3) is 0 Å². The van der Waals surface area contributed by atoms with E-state index in [4.69, 9.17) is 0 Å². The molecule has 3 aromatic rings. The van der Waals surface area contributed by atoms with Gasteiger partial charge in [0.15, 0.2) is 0 Å². The van der Waals surface area contributed by atoms with Gasteiger partial charge >= 0.3 is 6.03 Å². The second kappa shape index (κ2) is 9.25. The maximum atomic E-state index is 15.9. The Kier molecular flexibility index (Phi) is 6.25. The highest BCUT2D eigenvalue weighted by atomic mass is 19.1. The van der Waals surface area contributed by atoms with E-state index < -0.39 is 23.4 Å². The Hall–Kier alpha value is -3.37. The lowest BCUT2D eigenvalue weighted by Crippen LogP contribution is -2.50. The molecule has 2 aliphatic rings. The molecule has 2 atom stereocenters. The number of urea groups is 1. The zero-order valence-corrected chi connectivity index (χ0v) is 20.7. The van der Waals surface area contributed by atoms with E-state index in [1.165, 1.54) is 11.1 Å². The Balaban J connectivity index is 1.38. The lowest BCUT2D eigenvalue weighted by Gasteiger charge is -2.43. The van der Waals surface area contributed by atoms with E-state index in [9.17, 15) is 14.7 Å². The van der Waals surface area contributed by atoms with Crippen LogP contribution in [0.2, 0.25) is 0 Å². The average molecular weight is 495 g/mol.